The number of carbonyl (C=O) groups is 1. The highest BCUT2D eigenvalue weighted by molar-refractivity contribution is 5.69. The third-order valence-electron chi connectivity index (χ3n) is 2.58. The van der Waals surface area contributed by atoms with Crippen LogP contribution in [0.4, 0.5) is 0 Å². The van der Waals surface area contributed by atoms with Crippen LogP contribution < -0.4 is 0 Å². The Bertz CT molecular complexity index is 154. The van der Waals surface area contributed by atoms with E-state index in [1.165, 1.54) is 19.3 Å². The van der Waals surface area contributed by atoms with Crippen molar-refractivity contribution in [3.63, 3.8) is 0 Å². The van der Waals surface area contributed by atoms with Crippen LogP contribution in [0.5, 0.6) is 0 Å². The first-order valence-corrected chi connectivity index (χ1v) is 5.52. The number of unbranched alkanes of at least 4 members (excludes halogenated alkanes) is 2. The fraction of sp³-hybridized carbons (Fsp3) is 0.909. The Morgan fingerprint density at radius 3 is 3.00 bits per heavy atom. The van der Waals surface area contributed by atoms with Crippen LogP contribution in [0.25, 0.3) is 0 Å². The van der Waals surface area contributed by atoms with Gasteiger partial charge in [0.1, 0.15) is 6.10 Å². The standard InChI is InChI=1S/C11H20O2/c1-2-3-4-7-10-8-5-6-9-11(12)13-10/h10H,2-9H2,1H3. The molecule has 13 heavy (non-hydrogen) atoms. The van der Waals surface area contributed by atoms with Gasteiger partial charge >= 0.3 is 5.97 Å². The van der Waals surface area contributed by atoms with E-state index in [1.807, 2.05) is 0 Å². The van der Waals surface area contributed by atoms with E-state index < -0.39 is 0 Å². The lowest BCUT2D eigenvalue weighted by Crippen LogP contribution is -2.15. The molecule has 0 aromatic heterocycles. The Morgan fingerprint density at radius 1 is 1.38 bits per heavy atom. The molecule has 0 spiro atoms. The molecule has 1 fully saturated rings. The van der Waals surface area contributed by atoms with Gasteiger partial charge in [0.25, 0.3) is 0 Å². The topological polar surface area (TPSA) is 26.3 Å². The predicted octanol–water partition coefficient (Wildman–Crippen LogP) is 3.05. The molecule has 2 heteroatoms. The fourth-order valence-electron chi connectivity index (χ4n) is 1.77. The molecule has 0 aromatic rings. The number of hydrogen-bond donors (Lipinski definition) is 0. The van der Waals surface area contributed by atoms with Crippen molar-refractivity contribution in [1.82, 2.24) is 0 Å². The molecule has 1 aliphatic heterocycles. The molecule has 0 bridgehead atoms. The van der Waals surface area contributed by atoms with Crippen molar-refractivity contribution in [2.45, 2.75) is 64.4 Å². The van der Waals surface area contributed by atoms with Crippen LogP contribution in [-0.2, 0) is 9.53 Å². The monoisotopic (exact) mass is 184 g/mol. The molecule has 1 atom stereocenters. The molecule has 1 aliphatic rings. The second-order valence-corrected chi connectivity index (χ2v) is 3.85. The van der Waals surface area contributed by atoms with Crippen LogP contribution in [0.2, 0.25) is 0 Å². The summed E-state index contributed by atoms with van der Waals surface area (Å²) < 4.78 is 5.32. The third-order valence-corrected chi connectivity index (χ3v) is 2.58. The average Bonchev–Trinajstić information content (AvgIpc) is 2.31. The Balaban J connectivity index is 2.19. The predicted molar refractivity (Wildman–Crippen MR) is 52.5 cm³/mol. The quantitative estimate of drug-likeness (QED) is 0.496. The first-order chi connectivity index (χ1) is 6.33. The molecule has 0 radical (unpaired) electrons. The number of esters is 1. The van der Waals surface area contributed by atoms with E-state index in [1.54, 1.807) is 0 Å². The minimum Gasteiger partial charge on any atom is -0.462 e. The van der Waals surface area contributed by atoms with Crippen LogP contribution >= 0.6 is 0 Å². The van der Waals surface area contributed by atoms with Gasteiger partial charge in [0.2, 0.25) is 0 Å². The highest BCUT2D eigenvalue weighted by Gasteiger charge is 2.17. The normalized spacial score (nSPS) is 23.8. The van der Waals surface area contributed by atoms with E-state index in [0.717, 1.165) is 25.7 Å². The Morgan fingerprint density at radius 2 is 2.23 bits per heavy atom. The van der Waals surface area contributed by atoms with Gasteiger partial charge in [-0.15, -0.1) is 0 Å². The Kier molecular flexibility index (Phi) is 4.87. The van der Waals surface area contributed by atoms with Crippen molar-refractivity contribution in [1.29, 1.82) is 0 Å². The van der Waals surface area contributed by atoms with Gasteiger partial charge in [-0.3, -0.25) is 4.79 Å². The summed E-state index contributed by atoms with van der Waals surface area (Å²) in [7, 11) is 0. The number of rotatable bonds is 4. The summed E-state index contributed by atoms with van der Waals surface area (Å²) in [6.45, 7) is 2.19. The van der Waals surface area contributed by atoms with Gasteiger partial charge in [-0.25, -0.2) is 0 Å². The molecule has 0 aliphatic carbocycles. The summed E-state index contributed by atoms with van der Waals surface area (Å²) in [6, 6.07) is 0. The maximum Gasteiger partial charge on any atom is 0.306 e. The lowest BCUT2D eigenvalue weighted by Gasteiger charge is -2.14. The molecule has 1 saturated heterocycles. The summed E-state index contributed by atoms with van der Waals surface area (Å²) in [5.41, 5.74) is 0. The number of carbonyl (C=O) groups excluding carboxylic acids is 1. The van der Waals surface area contributed by atoms with Crippen LogP contribution in [-0.4, -0.2) is 12.1 Å². The summed E-state index contributed by atoms with van der Waals surface area (Å²) >= 11 is 0. The molecule has 76 valence electrons. The summed E-state index contributed by atoms with van der Waals surface area (Å²) in [5, 5.41) is 0. The van der Waals surface area contributed by atoms with E-state index >= 15 is 0 Å². The first kappa shape index (κ1) is 10.6. The van der Waals surface area contributed by atoms with Crippen molar-refractivity contribution in [2.24, 2.45) is 0 Å². The zero-order chi connectivity index (χ0) is 9.52. The maximum atomic E-state index is 11.1. The van der Waals surface area contributed by atoms with Crippen molar-refractivity contribution in [3.8, 4) is 0 Å². The molecular formula is C11H20O2. The highest BCUT2D eigenvalue weighted by Crippen LogP contribution is 2.18. The highest BCUT2D eigenvalue weighted by atomic mass is 16.5. The van der Waals surface area contributed by atoms with Crippen molar-refractivity contribution >= 4 is 5.97 Å². The third kappa shape index (κ3) is 4.30. The van der Waals surface area contributed by atoms with Crippen molar-refractivity contribution in [2.75, 3.05) is 0 Å². The van der Waals surface area contributed by atoms with Crippen LogP contribution in [0, 0.1) is 0 Å². The van der Waals surface area contributed by atoms with Crippen molar-refractivity contribution < 1.29 is 9.53 Å². The van der Waals surface area contributed by atoms with Gasteiger partial charge in [0, 0.05) is 6.42 Å². The first-order valence-electron chi connectivity index (χ1n) is 5.52. The zero-order valence-electron chi connectivity index (χ0n) is 8.55. The summed E-state index contributed by atoms with van der Waals surface area (Å²) in [5.74, 6) is 0.0130. The molecule has 1 heterocycles. The Hall–Kier alpha value is -0.530. The fourth-order valence-corrected chi connectivity index (χ4v) is 1.77. The Labute approximate surface area is 80.7 Å². The SMILES string of the molecule is CCCCCC1CCCCC(=O)O1. The molecule has 0 aromatic carbocycles. The van der Waals surface area contributed by atoms with E-state index in [9.17, 15) is 4.79 Å². The summed E-state index contributed by atoms with van der Waals surface area (Å²) in [4.78, 5) is 11.1. The van der Waals surface area contributed by atoms with Gasteiger partial charge in [0.05, 0.1) is 0 Å². The minimum absolute atomic E-state index is 0.0130. The molecular weight excluding hydrogens is 164 g/mol. The molecule has 2 nitrogen and oxygen atoms in total. The average molecular weight is 184 g/mol. The van der Waals surface area contributed by atoms with Gasteiger partial charge in [-0.1, -0.05) is 19.8 Å². The van der Waals surface area contributed by atoms with Gasteiger partial charge in [-0.05, 0) is 32.1 Å². The van der Waals surface area contributed by atoms with E-state index in [-0.39, 0.29) is 12.1 Å². The van der Waals surface area contributed by atoms with Gasteiger partial charge < -0.3 is 4.74 Å². The van der Waals surface area contributed by atoms with E-state index in [2.05, 4.69) is 6.92 Å². The van der Waals surface area contributed by atoms with Crippen LogP contribution in [0.15, 0.2) is 0 Å². The summed E-state index contributed by atoms with van der Waals surface area (Å²) in [6.07, 6.45) is 8.87. The number of hydrogen-bond acceptors (Lipinski definition) is 2. The van der Waals surface area contributed by atoms with E-state index in [0.29, 0.717) is 6.42 Å². The molecule has 0 N–H and O–H groups in total. The number of ether oxygens (including phenoxy) is 1. The van der Waals surface area contributed by atoms with Gasteiger partial charge in [0.15, 0.2) is 0 Å². The van der Waals surface area contributed by atoms with Crippen LogP contribution in [0.1, 0.15) is 58.3 Å². The maximum absolute atomic E-state index is 11.1. The zero-order valence-corrected chi connectivity index (χ0v) is 8.55. The van der Waals surface area contributed by atoms with Crippen LogP contribution in [0.3, 0.4) is 0 Å². The second-order valence-electron chi connectivity index (χ2n) is 3.85. The lowest BCUT2D eigenvalue weighted by molar-refractivity contribution is -0.148. The van der Waals surface area contributed by atoms with E-state index in [4.69, 9.17) is 4.74 Å². The molecule has 0 saturated carbocycles. The smallest absolute Gasteiger partial charge is 0.306 e. The second kappa shape index (κ2) is 6.01. The van der Waals surface area contributed by atoms with Gasteiger partial charge in [-0.2, -0.15) is 0 Å². The minimum atomic E-state index is 0.0130. The number of cyclic esters (lactones) is 1. The molecule has 1 unspecified atom stereocenters. The van der Waals surface area contributed by atoms with Crippen molar-refractivity contribution in [3.05, 3.63) is 0 Å². The lowest BCUT2D eigenvalue weighted by atomic mass is 10.1. The molecule has 1 rings (SSSR count). The largest absolute Gasteiger partial charge is 0.462 e. The molecule has 0 amide bonds.